The van der Waals surface area contributed by atoms with Crippen molar-refractivity contribution in [3.63, 3.8) is 0 Å². The number of carbonyl (C=O) groups is 2. The Labute approximate surface area is 174 Å². The van der Waals surface area contributed by atoms with Crippen molar-refractivity contribution in [3.8, 4) is 0 Å². The van der Waals surface area contributed by atoms with Crippen molar-refractivity contribution < 1.29 is 14.3 Å². The molecule has 0 aliphatic heterocycles. The van der Waals surface area contributed by atoms with Crippen LogP contribution < -0.4 is 5.32 Å². The summed E-state index contributed by atoms with van der Waals surface area (Å²) in [5.41, 5.74) is 3.65. The zero-order valence-corrected chi connectivity index (χ0v) is 17.7. The van der Waals surface area contributed by atoms with Gasteiger partial charge in [0.05, 0.1) is 5.56 Å². The minimum absolute atomic E-state index is 0.0216. The number of esters is 1. The molecule has 0 saturated heterocycles. The average Bonchev–Trinajstić information content (AvgIpc) is 2.73. The smallest absolute Gasteiger partial charge is 0.338 e. The molecule has 0 aliphatic rings. The second-order valence-corrected chi connectivity index (χ2v) is 7.13. The highest BCUT2D eigenvalue weighted by atomic mass is 16.5. The number of nitrogens with one attached hydrogen (secondary N) is 1. The topological polar surface area (TPSA) is 58.6 Å². The van der Waals surface area contributed by atoms with Crippen molar-refractivity contribution in [1.29, 1.82) is 0 Å². The van der Waals surface area contributed by atoms with Crippen LogP contribution in [-0.4, -0.2) is 43.0 Å². The number of aryl methyl sites for hydroxylation is 2. The maximum absolute atomic E-state index is 12.1. The van der Waals surface area contributed by atoms with E-state index < -0.39 is 0 Å². The van der Waals surface area contributed by atoms with E-state index in [-0.39, 0.29) is 11.9 Å². The summed E-state index contributed by atoms with van der Waals surface area (Å²) in [4.78, 5) is 26.4. The zero-order chi connectivity index (χ0) is 21.1. The van der Waals surface area contributed by atoms with Gasteiger partial charge in [-0.05, 0) is 62.7 Å². The molecule has 0 saturated carbocycles. The van der Waals surface area contributed by atoms with Crippen LogP contribution in [0.3, 0.4) is 0 Å². The largest absolute Gasteiger partial charge is 0.461 e. The van der Waals surface area contributed by atoms with Gasteiger partial charge in [0.15, 0.2) is 0 Å². The predicted octanol–water partition coefficient (Wildman–Crippen LogP) is 4.46. The maximum atomic E-state index is 12.1. The van der Waals surface area contributed by atoms with Crippen molar-refractivity contribution in [1.82, 2.24) is 4.90 Å². The number of carbonyl (C=O) groups excluding carboxylic acids is 2. The lowest BCUT2D eigenvalue weighted by Crippen LogP contribution is -2.27. The summed E-state index contributed by atoms with van der Waals surface area (Å²) in [6.45, 7) is 9.21. The first-order chi connectivity index (χ1) is 14.0. The molecule has 156 valence electrons. The lowest BCUT2D eigenvalue weighted by Gasteiger charge is -2.17. The normalized spacial score (nSPS) is 10.8. The van der Waals surface area contributed by atoms with Crippen molar-refractivity contribution in [2.24, 2.45) is 0 Å². The van der Waals surface area contributed by atoms with Gasteiger partial charge in [0.25, 0.3) is 0 Å². The molecular weight excluding hydrogens is 364 g/mol. The first kappa shape index (κ1) is 22.6. The molecule has 0 fully saturated rings. The summed E-state index contributed by atoms with van der Waals surface area (Å²) >= 11 is 0. The minimum atomic E-state index is -0.340. The van der Waals surface area contributed by atoms with Gasteiger partial charge >= 0.3 is 5.97 Å². The Bertz CT molecular complexity index is 766. The SMILES string of the molecule is CCN(CC)CCOC(=O)c1ccc(NC(=O)CCCc2ccc(C)cc2)cc1. The van der Waals surface area contributed by atoms with Crippen molar-refractivity contribution in [2.75, 3.05) is 31.6 Å². The van der Waals surface area contributed by atoms with Crippen LogP contribution in [-0.2, 0) is 16.0 Å². The predicted molar refractivity (Wildman–Crippen MR) is 117 cm³/mol. The third kappa shape index (κ3) is 8.08. The Morgan fingerprint density at radius 2 is 1.62 bits per heavy atom. The molecule has 0 bridgehead atoms. The van der Waals surface area contributed by atoms with Gasteiger partial charge in [-0.15, -0.1) is 0 Å². The molecule has 5 heteroatoms. The summed E-state index contributed by atoms with van der Waals surface area (Å²) < 4.78 is 5.32. The Morgan fingerprint density at radius 1 is 0.966 bits per heavy atom. The van der Waals surface area contributed by atoms with Gasteiger partial charge in [-0.3, -0.25) is 4.79 Å². The van der Waals surface area contributed by atoms with Crippen LogP contribution in [0.2, 0.25) is 0 Å². The van der Waals surface area contributed by atoms with Gasteiger partial charge in [-0.1, -0.05) is 43.7 Å². The average molecular weight is 397 g/mol. The monoisotopic (exact) mass is 396 g/mol. The molecule has 1 N–H and O–H groups in total. The third-order valence-electron chi connectivity index (χ3n) is 4.93. The van der Waals surface area contributed by atoms with E-state index in [2.05, 4.69) is 55.3 Å². The van der Waals surface area contributed by atoms with Gasteiger partial charge in [0.1, 0.15) is 6.61 Å². The Morgan fingerprint density at radius 3 is 2.24 bits per heavy atom. The first-order valence-corrected chi connectivity index (χ1v) is 10.4. The lowest BCUT2D eigenvalue weighted by molar-refractivity contribution is -0.116. The molecule has 5 nitrogen and oxygen atoms in total. The van der Waals surface area contributed by atoms with Crippen molar-refractivity contribution >= 4 is 17.6 Å². The molecule has 2 rings (SSSR count). The number of benzene rings is 2. The quantitative estimate of drug-likeness (QED) is 0.570. The summed E-state index contributed by atoms with van der Waals surface area (Å²) in [6, 6.07) is 15.2. The van der Waals surface area contributed by atoms with Gasteiger partial charge in [0.2, 0.25) is 5.91 Å². The van der Waals surface area contributed by atoms with Crippen LogP contribution in [0.5, 0.6) is 0 Å². The van der Waals surface area contributed by atoms with Crippen LogP contribution in [0.25, 0.3) is 0 Å². The van der Waals surface area contributed by atoms with Crippen LogP contribution in [0.4, 0.5) is 5.69 Å². The number of anilines is 1. The van der Waals surface area contributed by atoms with E-state index in [9.17, 15) is 9.59 Å². The van der Waals surface area contributed by atoms with Crippen LogP contribution >= 0.6 is 0 Å². The number of amides is 1. The van der Waals surface area contributed by atoms with Crippen LogP contribution in [0.1, 0.15) is 48.2 Å². The third-order valence-corrected chi connectivity index (χ3v) is 4.93. The summed E-state index contributed by atoms with van der Waals surface area (Å²) in [5, 5.41) is 2.88. The van der Waals surface area contributed by atoms with E-state index >= 15 is 0 Å². The molecule has 29 heavy (non-hydrogen) atoms. The highest BCUT2D eigenvalue weighted by Gasteiger charge is 2.09. The fraction of sp³-hybridized carbons (Fsp3) is 0.417. The molecule has 2 aromatic carbocycles. The molecule has 0 unspecified atom stereocenters. The van der Waals surface area contributed by atoms with E-state index in [1.165, 1.54) is 11.1 Å². The number of rotatable bonds is 11. The lowest BCUT2D eigenvalue weighted by atomic mass is 10.1. The molecule has 2 aromatic rings. The number of likely N-dealkylation sites (N-methyl/N-ethyl adjacent to an activating group) is 1. The van der Waals surface area contributed by atoms with Gasteiger partial charge in [-0.2, -0.15) is 0 Å². The van der Waals surface area contributed by atoms with Gasteiger partial charge in [0, 0.05) is 18.7 Å². The highest BCUT2D eigenvalue weighted by Crippen LogP contribution is 2.12. The number of ether oxygens (including phenoxy) is 1. The Balaban J connectivity index is 1.72. The van der Waals surface area contributed by atoms with E-state index in [4.69, 9.17) is 4.74 Å². The molecular formula is C24H32N2O3. The van der Waals surface area contributed by atoms with Crippen molar-refractivity contribution in [3.05, 3.63) is 65.2 Å². The molecule has 1 amide bonds. The molecule has 0 aliphatic carbocycles. The highest BCUT2D eigenvalue weighted by molar-refractivity contribution is 5.93. The summed E-state index contributed by atoms with van der Waals surface area (Å²) in [7, 11) is 0. The number of nitrogens with zero attached hydrogens (tertiary/aromatic N) is 1. The number of hydrogen-bond donors (Lipinski definition) is 1. The van der Waals surface area contributed by atoms with E-state index in [1.54, 1.807) is 24.3 Å². The Kier molecular flexibility index (Phi) is 9.38. The fourth-order valence-electron chi connectivity index (χ4n) is 3.01. The molecule has 0 atom stereocenters. The number of hydrogen-bond acceptors (Lipinski definition) is 4. The molecule has 0 heterocycles. The minimum Gasteiger partial charge on any atom is -0.461 e. The molecule has 0 spiro atoms. The summed E-state index contributed by atoms with van der Waals surface area (Å²) in [6.07, 6.45) is 2.14. The Hall–Kier alpha value is -2.66. The van der Waals surface area contributed by atoms with E-state index in [0.29, 0.717) is 24.3 Å². The van der Waals surface area contributed by atoms with Gasteiger partial charge in [-0.25, -0.2) is 4.79 Å². The van der Waals surface area contributed by atoms with E-state index in [0.717, 1.165) is 32.5 Å². The fourth-order valence-corrected chi connectivity index (χ4v) is 3.01. The summed E-state index contributed by atoms with van der Waals surface area (Å²) in [5.74, 6) is -0.361. The van der Waals surface area contributed by atoms with E-state index in [1.807, 2.05) is 0 Å². The van der Waals surface area contributed by atoms with Crippen molar-refractivity contribution in [2.45, 2.75) is 40.0 Å². The molecule has 0 radical (unpaired) electrons. The zero-order valence-electron chi connectivity index (χ0n) is 17.7. The first-order valence-electron chi connectivity index (χ1n) is 10.4. The molecule has 0 aromatic heterocycles. The second kappa shape index (κ2) is 12.0. The van der Waals surface area contributed by atoms with Gasteiger partial charge < -0.3 is 15.0 Å². The second-order valence-electron chi connectivity index (χ2n) is 7.13. The van der Waals surface area contributed by atoms with Crippen LogP contribution in [0, 0.1) is 6.92 Å². The van der Waals surface area contributed by atoms with Crippen LogP contribution in [0.15, 0.2) is 48.5 Å². The maximum Gasteiger partial charge on any atom is 0.338 e. The standard InChI is InChI=1S/C24H32N2O3/c1-4-26(5-2)17-18-29-24(28)21-13-15-22(16-14-21)25-23(27)8-6-7-20-11-9-19(3)10-12-20/h9-16H,4-8,17-18H2,1-3H3,(H,25,27).